The Hall–Kier alpha value is -1.82. The van der Waals surface area contributed by atoms with Gasteiger partial charge >= 0.3 is 11.9 Å². The third-order valence-electron chi connectivity index (χ3n) is 8.15. The largest absolute Gasteiger partial charge is 0.481 e. The first kappa shape index (κ1) is 56.9. The fourth-order valence-electron chi connectivity index (χ4n) is 4.81. The van der Waals surface area contributed by atoms with Gasteiger partial charge in [0.1, 0.15) is 12.2 Å². The van der Waals surface area contributed by atoms with Crippen molar-refractivity contribution in [2.24, 2.45) is 0 Å². The van der Waals surface area contributed by atoms with E-state index in [4.69, 9.17) is 40.9 Å². The van der Waals surface area contributed by atoms with Gasteiger partial charge in [-0.05, 0) is 64.2 Å². The zero-order valence-electron chi connectivity index (χ0n) is 33.5. The number of aliphatic carboxylic acids is 2. The van der Waals surface area contributed by atoms with E-state index >= 15 is 0 Å². The van der Waals surface area contributed by atoms with Crippen molar-refractivity contribution >= 4 is 11.9 Å². The van der Waals surface area contributed by atoms with Crippen LogP contribution in [0, 0.1) is 0 Å². The van der Waals surface area contributed by atoms with Gasteiger partial charge in [-0.3, -0.25) is 9.59 Å². The highest BCUT2D eigenvalue weighted by Crippen LogP contribution is 2.11. The number of aliphatic hydroxyl groups is 6. The molecule has 0 atom stereocenters. The Labute approximate surface area is 318 Å². The molecule has 0 aromatic rings. The molecule has 0 aliphatic rings. The van der Waals surface area contributed by atoms with Crippen molar-refractivity contribution < 1.29 is 50.4 Å². The maximum Gasteiger partial charge on any atom is 0.303 e. The van der Waals surface area contributed by atoms with Crippen LogP contribution in [0.25, 0.3) is 0 Å². The van der Waals surface area contributed by atoms with E-state index in [1.165, 1.54) is 141 Å². The van der Waals surface area contributed by atoms with Crippen molar-refractivity contribution in [3.05, 3.63) is 24.3 Å². The Morgan fingerprint density at radius 2 is 0.596 bits per heavy atom. The zero-order valence-corrected chi connectivity index (χ0v) is 33.5. The van der Waals surface area contributed by atoms with Crippen LogP contribution in [0.1, 0.15) is 194 Å². The molecule has 0 unspecified atom stereocenters. The third-order valence-corrected chi connectivity index (χ3v) is 8.15. The summed E-state index contributed by atoms with van der Waals surface area (Å²) in [6, 6.07) is 0. The van der Waals surface area contributed by atoms with Crippen LogP contribution in [0.15, 0.2) is 24.3 Å². The van der Waals surface area contributed by atoms with Gasteiger partial charge in [-0.25, -0.2) is 0 Å². The van der Waals surface area contributed by atoms with E-state index in [9.17, 15) is 9.59 Å². The number of aliphatic hydroxyl groups excluding tert-OH is 6. The first-order chi connectivity index (χ1) is 25.2. The summed E-state index contributed by atoms with van der Waals surface area (Å²) in [5, 5.41) is 65.0. The lowest BCUT2D eigenvalue weighted by molar-refractivity contribution is -0.138. The van der Waals surface area contributed by atoms with Crippen LogP contribution in [0.5, 0.6) is 0 Å². The number of hydrogen-bond acceptors (Lipinski definition) is 8. The highest BCUT2D eigenvalue weighted by Gasteiger charge is 1.98. The molecule has 0 bridgehead atoms. The second kappa shape index (κ2) is 53.5. The number of carboxylic acids is 2. The molecule has 0 aliphatic heterocycles. The van der Waals surface area contributed by atoms with E-state index in [0.717, 1.165) is 25.7 Å². The standard InChI is InChI=1S/2C18H34O2.2C3H8O3/c2*1-2-3-4-5-6-7-8-9-10-11-12-13-14-15-16-17-18(19)20;2*4-1-3(6)2-5/h2*9-10H,2-8,11-17H2,1H3,(H,19,20);2*3-6H,1-2H2/b2*10-9-;;. The lowest BCUT2D eigenvalue weighted by Crippen LogP contribution is -2.15. The van der Waals surface area contributed by atoms with Crippen LogP contribution < -0.4 is 0 Å². The van der Waals surface area contributed by atoms with Crippen LogP contribution in [0.4, 0.5) is 0 Å². The Morgan fingerprint density at radius 3 is 0.788 bits per heavy atom. The highest BCUT2D eigenvalue weighted by molar-refractivity contribution is 5.66. The topological polar surface area (TPSA) is 196 Å². The summed E-state index contributed by atoms with van der Waals surface area (Å²) < 4.78 is 0. The number of unbranched alkanes of at least 4 members (excludes halogenated alkanes) is 22. The van der Waals surface area contributed by atoms with Crippen molar-refractivity contribution in [2.45, 2.75) is 206 Å². The van der Waals surface area contributed by atoms with Gasteiger partial charge in [0.2, 0.25) is 0 Å². The molecular weight excluding hydrogens is 664 g/mol. The molecule has 8 N–H and O–H groups in total. The number of carboxylic acid groups (broad SMARTS) is 2. The summed E-state index contributed by atoms with van der Waals surface area (Å²) in [7, 11) is 0. The van der Waals surface area contributed by atoms with Crippen LogP contribution >= 0.6 is 0 Å². The van der Waals surface area contributed by atoms with Gasteiger partial charge in [-0.15, -0.1) is 0 Å². The molecule has 0 fully saturated rings. The van der Waals surface area contributed by atoms with E-state index < -0.39 is 24.1 Å². The maximum absolute atomic E-state index is 10.3. The molecule has 0 aliphatic carbocycles. The molecule has 0 saturated heterocycles. The minimum atomic E-state index is -0.954. The van der Waals surface area contributed by atoms with Gasteiger partial charge < -0.3 is 40.9 Å². The van der Waals surface area contributed by atoms with Crippen molar-refractivity contribution in [1.82, 2.24) is 0 Å². The minimum Gasteiger partial charge on any atom is -0.481 e. The monoisotopic (exact) mass is 749 g/mol. The molecule has 0 spiro atoms. The summed E-state index contributed by atoms with van der Waals surface area (Å²) in [5.74, 6) is -1.33. The molecule has 52 heavy (non-hydrogen) atoms. The summed E-state index contributed by atoms with van der Waals surface area (Å²) in [6.07, 6.45) is 40.6. The van der Waals surface area contributed by atoms with E-state index in [0.29, 0.717) is 12.8 Å². The van der Waals surface area contributed by atoms with Crippen LogP contribution in [-0.2, 0) is 9.59 Å². The number of allylic oxidation sites excluding steroid dienone is 4. The van der Waals surface area contributed by atoms with Gasteiger partial charge in [0.05, 0.1) is 26.4 Å². The Bertz CT molecular complexity index is 662. The maximum atomic E-state index is 10.3. The fourth-order valence-corrected chi connectivity index (χ4v) is 4.81. The van der Waals surface area contributed by atoms with Gasteiger partial charge in [0.15, 0.2) is 0 Å². The smallest absolute Gasteiger partial charge is 0.303 e. The Kier molecular flexibility index (Phi) is 58.6. The third kappa shape index (κ3) is 66.4. The van der Waals surface area contributed by atoms with Gasteiger partial charge in [0, 0.05) is 12.8 Å². The minimum absolute atomic E-state index is 0.332. The van der Waals surface area contributed by atoms with Crippen molar-refractivity contribution in [3.63, 3.8) is 0 Å². The van der Waals surface area contributed by atoms with Gasteiger partial charge in [-0.1, -0.05) is 141 Å². The average Bonchev–Trinajstić information content (AvgIpc) is 3.14. The quantitative estimate of drug-likeness (QED) is 0.0232. The van der Waals surface area contributed by atoms with Crippen molar-refractivity contribution in [1.29, 1.82) is 0 Å². The summed E-state index contributed by atoms with van der Waals surface area (Å²) >= 11 is 0. The fraction of sp³-hybridized carbons (Fsp3) is 0.857. The van der Waals surface area contributed by atoms with E-state index in [2.05, 4.69) is 38.2 Å². The molecule has 10 heteroatoms. The molecule has 10 nitrogen and oxygen atoms in total. The lowest BCUT2D eigenvalue weighted by atomic mass is 10.1. The second-order valence-electron chi connectivity index (χ2n) is 13.5. The second-order valence-corrected chi connectivity index (χ2v) is 13.5. The first-order valence-corrected chi connectivity index (χ1v) is 20.7. The summed E-state index contributed by atoms with van der Waals surface area (Å²) in [5.41, 5.74) is 0. The molecule has 0 aromatic carbocycles. The molecule has 0 amide bonds. The van der Waals surface area contributed by atoms with Crippen LogP contribution in [0.3, 0.4) is 0 Å². The summed E-state index contributed by atoms with van der Waals surface area (Å²) in [6.45, 7) is 3.06. The number of rotatable bonds is 34. The molecular formula is C42H84O10. The average molecular weight is 749 g/mol. The molecule has 0 radical (unpaired) electrons. The van der Waals surface area contributed by atoms with Crippen molar-refractivity contribution in [2.75, 3.05) is 26.4 Å². The lowest BCUT2D eigenvalue weighted by Gasteiger charge is -1.99. The first-order valence-electron chi connectivity index (χ1n) is 20.7. The van der Waals surface area contributed by atoms with Gasteiger partial charge in [0.25, 0.3) is 0 Å². The highest BCUT2D eigenvalue weighted by atomic mass is 16.4. The summed E-state index contributed by atoms with van der Waals surface area (Å²) in [4.78, 5) is 20.6. The predicted molar refractivity (Wildman–Crippen MR) is 215 cm³/mol. The van der Waals surface area contributed by atoms with Crippen LogP contribution in [0.2, 0.25) is 0 Å². The molecule has 0 rings (SSSR count). The Morgan fingerprint density at radius 1 is 0.385 bits per heavy atom. The molecule has 312 valence electrons. The van der Waals surface area contributed by atoms with Crippen molar-refractivity contribution in [3.8, 4) is 0 Å². The normalized spacial score (nSPS) is 11.0. The zero-order chi connectivity index (χ0) is 39.8. The van der Waals surface area contributed by atoms with E-state index in [1.54, 1.807) is 0 Å². The molecule has 0 aromatic heterocycles. The molecule has 0 heterocycles. The predicted octanol–water partition coefficient (Wildman–Crippen LogP) is 8.88. The molecule has 0 saturated carbocycles. The Balaban J connectivity index is -0.000000337. The van der Waals surface area contributed by atoms with E-state index in [1.807, 2.05) is 0 Å². The number of hydrogen-bond donors (Lipinski definition) is 8. The number of carbonyl (C=O) groups is 2. The van der Waals surface area contributed by atoms with E-state index in [-0.39, 0.29) is 26.4 Å². The van der Waals surface area contributed by atoms with Gasteiger partial charge in [-0.2, -0.15) is 0 Å². The SMILES string of the molecule is CCCCCCCC/C=C\CCCCCCCC(=O)O.CCCCCCCC/C=C\CCCCCCCC(=O)O.OCC(O)CO.OCC(O)CO. The van der Waals surface area contributed by atoms with Crippen LogP contribution in [-0.4, -0.2) is 91.4 Å².